The Labute approximate surface area is 157 Å². The zero-order chi connectivity index (χ0) is 20.6. The minimum absolute atomic E-state index is 0.00671. The minimum atomic E-state index is -4.36. The maximum Gasteiger partial charge on any atom is 0.401 e. The summed E-state index contributed by atoms with van der Waals surface area (Å²) in [5.41, 5.74) is 5.81. The van der Waals surface area contributed by atoms with E-state index >= 15 is 0 Å². The topological polar surface area (TPSA) is 50.3 Å². The van der Waals surface area contributed by atoms with Crippen molar-refractivity contribution in [3.8, 4) is 0 Å². The average Bonchev–Trinajstić information content (AvgIpc) is 2.92. The van der Waals surface area contributed by atoms with Crippen molar-refractivity contribution in [1.82, 2.24) is 14.5 Å². The molecule has 2 N–H and O–H groups in total. The number of hydrogen-bond acceptors (Lipinski definition) is 4. The Bertz CT molecular complexity index is 836. The van der Waals surface area contributed by atoms with Gasteiger partial charge in [0.2, 0.25) is 5.95 Å². The lowest BCUT2D eigenvalue weighted by Crippen LogP contribution is -2.50. The summed E-state index contributed by atoms with van der Waals surface area (Å²) in [6.07, 6.45) is -5.39. The number of piperidine rings is 1. The van der Waals surface area contributed by atoms with E-state index in [4.69, 9.17) is 5.73 Å². The zero-order valence-corrected chi connectivity index (χ0v) is 15.2. The molecule has 0 unspecified atom stereocenters. The molecule has 2 atom stereocenters. The number of rotatable bonds is 5. The molecule has 1 fully saturated rings. The Kier molecular flexibility index (Phi) is 5.76. The number of halogens is 6. The molecule has 0 saturated carbocycles. The molecular formula is C17H21F6N5. The monoisotopic (exact) mass is 409 g/mol. The van der Waals surface area contributed by atoms with Crippen LogP contribution in [0.25, 0.3) is 11.0 Å². The first kappa shape index (κ1) is 20.7. The Morgan fingerprint density at radius 2 is 2.00 bits per heavy atom. The van der Waals surface area contributed by atoms with Gasteiger partial charge in [-0.2, -0.15) is 13.2 Å². The van der Waals surface area contributed by atoms with Gasteiger partial charge in [-0.1, -0.05) is 0 Å². The number of likely N-dealkylation sites (N-methyl/N-ethyl adjacent to an activating group) is 1. The molecule has 1 aliphatic rings. The van der Waals surface area contributed by atoms with Gasteiger partial charge in [0.05, 0.1) is 18.1 Å². The summed E-state index contributed by atoms with van der Waals surface area (Å²) in [4.78, 5) is 6.97. The van der Waals surface area contributed by atoms with Crippen molar-refractivity contribution in [2.45, 2.75) is 31.4 Å². The summed E-state index contributed by atoms with van der Waals surface area (Å²) in [7, 11) is 1.30. The van der Waals surface area contributed by atoms with Crippen LogP contribution in [0.2, 0.25) is 0 Å². The first-order valence-corrected chi connectivity index (χ1v) is 8.80. The van der Waals surface area contributed by atoms with E-state index in [0.29, 0.717) is 6.07 Å². The van der Waals surface area contributed by atoms with Crippen LogP contribution in [0, 0.1) is 11.6 Å². The molecule has 0 aliphatic carbocycles. The average molecular weight is 409 g/mol. The van der Waals surface area contributed by atoms with E-state index in [9.17, 15) is 26.3 Å². The number of anilines is 1. The van der Waals surface area contributed by atoms with Crippen LogP contribution in [0.4, 0.5) is 32.3 Å². The van der Waals surface area contributed by atoms with E-state index in [1.165, 1.54) is 11.6 Å². The summed E-state index contributed by atoms with van der Waals surface area (Å²) >= 11 is 0. The third-order valence-electron chi connectivity index (χ3n) is 4.75. The fraction of sp³-hybridized carbons (Fsp3) is 0.588. The van der Waals surface area contributed by atoms with Crippen LogP contribution in [-0.4, -0.2) is 66.1 Å². The van der Waals surface area contributed by atoms with Crippen LogP contribution in [0.3, 0.4) is 0 Å². The molecule has 0 radical (unpaired) electrons. The fourth-order valence-corrected chi connectivity index (χ4v) is 3.42. The van der Waals surface area contributed by atoms with Crippen LogP contribution in [0.1, 0.15) is 6.42 Å². The first-order chi connectivity index (χ1) is 13.0. The largest absolute Gasteiger partial charge is 0.401 e. The number of hydrogen-bond donors (Lipinski definition) is 1. The maximum atomic E-state index is 14.4. The van der Waals surface area contributed by atoms with E-state index < -0.39 is 36.6 Å². The number of fused-ring (bicyclic) bond motifs is 1. The molecule has 0 amide bonds. The van der Waals surface area contributed by atoms with Gasteiger partial charge in [-0.3, -0.25) is 4.90 Å². The number of alkyl halides is 4. The number of benzene rings is 1. The highest BCUT2D eigenvalue weighted by atomic mass is 19.4. The minimum Gasteiger partial charge on any atom is -0.340 e. The highest BCUT2D eigenvalue weighted by Gasteiger charge is 2.31. The number of imidazole rings is 1. The number of nitrogens with zero attached hydrogens (tertiary/aromatic N) is 4. The quantitative estimate of drug-likeness (QED) is 0.772. The molecule has 1 aliphatic heterocycles. The summed E-state index contributed by atoms with van der Waals surface area (Å²) in [5.74, 6) is -1.44. The molecule has 156 valence electrons. The summed E-state index contributed by atoms with van der Waals surface area (Å²) < 4.78 is 80.8. The van der Waals surface area contributed by atoms with E-state index in [0.717, 1.165) is 11.0 Å². The SMILES string of the molecule is CN(CCn1c(N2CC[C@@H](F)[C@H](N)C2)nc2cc(F)cc(F)c21)CC(F)(F)F. The first-order valence-electron chi connectivity index (χ1n) is 8.80. The molecule has 1 aromatic carbocycles. The lowest BCUT2D eigenvalue weighted by Gasteiger charge is -2.34. The normalized spacial score (nSPS) is 21.1. The molecule has 2 aromatic rings. The van der Waals surface area contributed by atoms with E-state index in [1.54, 1.807) is 4.90 Å². The van der Waals surface area contributed by atoms with Gasteiger partial charge in [-0.15, -0.1) is 0 Å². The molecular weight excluding hydrogens is 388 g/mol. The molecule has 28 heavy (non-hydrogen) atoms. The molecule has 0 spiro atoms. The van der Waals surface area contributed by atoms with Crippen LogP contribution in [0.15, 0.2) is 12.1 Å². The van der Waals surface area contributed by atoms with Gasteiger partial charge >= 0.3 is 6.18 Å². The second-order valence-electron chi connectivity index (χ2n) is 7.09. The van der Waals surface area contributed by atoms with Gasteiger partial charge in [0.15, 0.2) is 5.82 Å². The van der Waals surface area contributed by atoms with Crippen molar-refractivity contribution < 1.29 is 26.3 Å². The summed E-state index contributed by atoms with van der Waals surface area (Å²) in [6.45, 7) is -0.788. The third kappa shape index (κ3) is 4.52. The summed E-state index contributed by atoms with van der Waals surface area (Å²) in [5, 5.41) is 0. The molecule has 0 bridgehead atoms. The highest BCUT2D eigenvalue weighted by molar-refractivity contribution is 5.79. The standard InChI is InChI=1S/C17H21F6N5/c1-26(9-17(21,22)23)4-5-28-15-12(20)6-10(18)7-14(15)25-16(28)27-3-2-11(19)13(24)8-27/h6-7,11,13H,2-5,8-9,24H2,1H3/t11-,13-/m1/s1. The van der Waals surface area contributed by atoms with E-state index in [1.807, 2.05) is 0 Å². The van der Waals surface area contributed by atoms with Crippen molar-refractivity contribution in [2.24, 2.45) is 5.73 Å². The van der Waals surface area contributed by atoms with Gasteiger partial charge in [-0.25, -0.2) is 18.2 Å². The number of nitrogens with two attached hydrogens (primary N) is 1. The zero-order valence-electron chi connectivity index (χ0n) is 15.2. The van der Waals surface area contributed by atoms with Gasteiger partial charge in [0.1, 0.15) is 17.5 Å². The van der Waals surface area contributed by atoms with E-state index in [2.05, 4.69) is 4.98 Å². The second kappa shape index (κ2) is 7.78. The lowest BCUT2D eigenvalue weighted by atomic mass is 10.1. The van der Waals surface area contributed by atoms with E-state index in [-0.39, 0.29) is 49.6 Å². The van der Waals surface area contributed by atoms with Crippen LogP contribution in [0.5, 0.6) is 0 Å². The Balaban J connectivity index is 1.93. The Morgan fingerprint density at radius 3 is 2.64 bits per heavy atom. The smallest absolute Gasteiger partial charge is 0.340 e. The Morgan fingerprint density at radius 1 is 1.29 bits per heavy atom. The van der Waals surface area contributed by atoms with Crippen LogP contribution >= 0.6 is 0 Å². The van der Waals surface area contributed by atoms with Gasteiger partial charge in [-0.05, 0) is 13.5 Å². The third-order valence-corrected chi connectivity index (χ3v) is 4.75. The lowest BCUT2D eigenvalue weighted by molar-refractivity contribution is -0.143. The van der Waals surface area contributed by atoms with Gasteiger partial charge in [0.25, 0.3) is 0 Å². The van der Waals surface area contributed by atoms with Crippen LogP contribution < -0.4 is 10.6 Å². The highest BCUT2D eigenvalue weighted by Crippen LogP contribution is 2.28. The molecule has 11 heteroatoms. The predicted octanol–water partition coefficient (Wildman–Crippen LogP) is 2.68. The van der Waals surface area contributed by atoms with Crippen molar-refractivity contribution in [2.75, 3.05) is 38.1 Å². The predicted molar refractivity (Wildman–Crippen MR) is 92.9 cm³/mol. The molecule has 2 heterocycles. The Hall–Kier alpha value is -2.01. The molecule has 1 aromatic heterocycles. The summed E-state index contributed by atoms with van der Waals surface area (Å²) in [6, 6.07) is 0.986. The van der Waals surface area contributed by atoms with Crippen molar-refractivity contribution in [1.29, 1.82) is 0 Å². The fourth-order valence-electron chi connectivity index (χ4n) is 3.42. The van der Waals surface area contributed by atoms with Crippen molar-refractivity contribution in [3.63, 3.8) is 0 Å². The van der Waals surface area contributed by atoms with Crippen molar-refractivity contribution in [3.05, 3.63) is 23.8 Å². The second-order valence-corrected chi connectivity index (χ2v) is 7.09. The number of aromatic nitrogens is 2. The van der Waals surface area contributed by atoms with Crippen molar-refractivity contribution >= 4 is 17.0 Å². The maximum absolute atomic E-state index is 14.4. The molecule has 3 rings (SSSR count). The molecule has 5 nitrogen and oxygen atoms in total. The molecule has 1 saturated heterocycles. The van der Waals surface area contributed by atoms with Gasteiger partial charge in [0, 0.05) is 38.3 Å². The van der Waals surface area contributed by atoms with Gasteiger partial charge < -0.3 is 15.2 Å². The van der Waals surface area contributed by atoms with Crippen LogP contribution in [-0.2, 0) is 6.54 Å².